The highest BCUT2D eigenvalue weighted by Gasteiger charge is 2.02. The molecule has 0 bridgehead atoms. The third-order valence-corrected chi connectivity index (χ3v) is 3.84. The van der Waals surface area contributed by atoms with Gasteiger partial charge in [0, 0.05) is 10.0 Å². The van der Waals surface area contributed by atoms with Crippen molar-refractivity contribution in [2.75, 3.05) is 0 Å². The Balaban J connectivity index is 1.93. The molecule has 0 radical (unpaired) electrons. The molecule has 0 aromatic heterocycles. The molecule has 0 aliphatic carbocycles. The lowest BCUT2D eigenvalue weighted by Gasteiger charge is -2.01. The number of rotatable bonds is 3. The van der Waals surface area contributed by atoms with Crippen LogP contribution in [0.15, 0.2) is 77.3 Å². The van der Waals surface area contributed by atoms with Crippen molar-refractivity contribution in [1.82, 2.24) is 0 Å². The number of allylic oxidation sites excluding steroid dienone is 1. The average molecular weight is 337 g/mol. The maximum absolute atomic E-state index is 12.2. The van der Waals surface area contributed by atoms with Crippen molar-refractivity contribution < 1.29 is 4.79 Å². The Hall–Kier alpha value is -2.19. The Kier molecular flexibility index (Phi) is 3.98. The molecule has 0 aliphatic rings. The Morgan fingerprint density at radius 1 is 0.905 bits per heavy atom. The normalized spacial score (nSPS) is 11.1. The van der Waals surface area contributed by atoms with Gasteiger partial charge in [-0.05, 0) is 34.5 Å². The number of benzene rings is 3. The molecule has 21 heavy (non-hydrogen) atoms. The summed E-state index contributed by atoms with van der Waals surface area (Å²) < 4.78 is 0.909. The summed E-state index contributed by atoms with van der Waals surface area (Å²) in [5.74, 6) is 0.00392. The van der Waals surface area contributed by atoms with Gasteiger partial charge in [-0.15, -0.1) is 0 Å². The van der Waals surface area contributed by atoms with E-state index >= 15 is 0 Å². The molecule has 2 heteroatoms. The second kappa shape index (κ2) is 6.06. The Morgan fingerprint density at radius 3 is 2.52 bits per heavy atom. The standard InChI is InChI=1S/C19H13BrO/c20-17-9-4-8-16(13-17)19(21)12-11-15-7-3-6-14-5-1-2-10-18(14)15/h1-13H. The number of carbonyl (C=O) groups is 1. The van der Waals surface area contributed by atoms with Gasteiger partial charge in [0.2, 0.25) is 0 Å². The lowest BCUT2D eigenvalue weighted by molar-refractivity contribution is 0.104. The topological polar surface area (TPSA) is 17.1 Å². The minimum absolute atomic E-state index is 0.00392. The molecule has 0 saturated heterocycles. The van der Waals surface area contributed by atoms with Crippen LogP contribution in [0.1, 0.15) is 15.9 Å². The Morgan fingerprint density at radius 2 is 1.67 bits per heavy atom. The molecule has 3 aromatic rings. The first kappa shape index (κ1) is 13.8. The van der Waals surface area contributed by atoms with Crippen molar-refractivity contribution in [2.24, 2.45) is 0 Å². The van der Waals surface area contributed by atoms with Crippen LogP contribution in [0.2, 0.25) is 0 Å². The van der Waals surface area contributed by atoms with Gasteiger partial charge in [0.1, 0.15) is 0 Å². The predicted molar refractivity (Wildman–Crippen MR) is 91.5 cm³/mol. The molecule has 0 spiro atoms. The van der Waals surface area contributed by atoms with E-state index < -0.39 is 0 Å². The van der Waals surface area contributed by atoms with Gasteiger partial charge in [0.25, 0.3) is 0 Å². The Labute approximate surface area is 132 Å². The molecule has 0 unspecified atom stereocenters. The van der Waals surface area contributed by atoms with Crippen LogP contribution < -0.4 is 0 Å². The van der Waals surface area contributed by atoms with Crippen LogP contribution in [0.3, 0.4) is 0 Å². The van der Waals surface area contributed by atoms with Gasteiger partial charge in [-0.3, -0.25) is 4.79 Å². The zero-order valence-corrected chi connectivity index (χ0v) is 12.9. The lowest BCUT2D eigenvalue weighted by Crippen LogP contribution is -1.93. The predicted octanol–water partition coefficient (Wildman–Crippen LogP) is 5.50. The zero-order valence-electron chi connectivity index (χ0n) is 11.3. The summed E-state index contributed by atoms with van der Waals surface area (Å²) in [4.78, 5) is 12.2. The van der Waals surface area contributed by atoms with Gasteiger partial charge in [-0.2, -0.15) is 0 Å². The molecule has 102 valence electrons. The fourth-order valence-corrected chi connectivity index (χ4v) is 2.70. The van der Waals surface area contributed by atoms with E-state index in [1.165, 1.54) is 5.39 Å². The maximum atomic E-state index is 12.2. The van der Waals surface area contributed by atoms with Crippen LogP contribution in [0, 0.1) is 0 Å². The fraction of sp³-hybridized carbons (Fsp3) is 0. The number of carbonyl (C=O) groups excluding carboxylic acids is 1. The van der Waals surface area contributed by atoms with Crippen LogP contribution in [0.4, 0.5) is 0 Å². The fourth-order valence-electron chi connectivity index (χ4n) is 2.30. The summed E-state index contributed by atoms with van der Waals surface area (Å²) in [5, 5.41) is 2.33. The number of fused-ring (bicyclic) bond motifs is 1. The van der Waals surface area contributed by atoms with E-state index in [-0.39, 0.29) is 5.78 Å². The van der Waals surface area contributed by atoms with Crippen LogP contribution in [0.25, 0.3) is 16.8 Å². The second-order valence-corrected chi connectivity index (χ2v) is 5.69. The monoisotopic (exact) mass is 336 g/mol. The van der Waals surface area contributed by atoms with Crippen molar-refractivity contribution in [2.45, 2.75) is 0 Å². The first-order chi connectivity index (χ1) is 10.2. The molecule has 0 amide bonds. The van der Waals surface area contributed by atoms with Crippen molar-refractivity contribution in [3.8, 4) is 0 Å². The van der Waals surface area contributed by atoms with Crippen molar-refractivity contribution in [3.63, 3.8) is 0 Å². The van der Waals surface area contributed by atoms with E-state index in [9.17, 15) is 4.79 Å². The largest absolute Gasteiger partial charge is 0.289 e. The summed E-state index contributed by atoms with van der Waals surface area (Å²) in [7, 11) is 0. The van der Waals surface area contributed by atoms with E-state index in [4.69, 9.17) is 0 Å². The highest BCUT2D eigenvalue weighted by Crippen LogP contribution is 2.20. The number of hydrogen-bond donors (Lipinski definition) is 0. The van der Waals surface area contributed by atoms with Gasteiger partial charge < -0.3 is 0 Å². The van der Waals surface area contributed by atoms with Crippen LogP contribution in [-0.4, -0.2) is 5.78 Å². The molecule has 3 rings (SSSR count). The SMILES string of the molecule is O=C(C=Cc1cccc2ccccc12)c1cccc(Br)c1. The molecule has 0 saturated carbocycles. The molecular formula is C19H13BrO. The van der Waals surface area contributed by atoms with Crippen LogP contribution in [0.5, 0.6) is 0 Å². The summed E-state index contributed by atoms with van der Waals surface area (Å²) >= 11 is 3.38. The molecular weight excluding hydrogens is 324 g/mol. The highest BCUT2D eigenvalue weighted by molar-refractivity contribution is 9.10. The summed E-state index contributed by atoms with van der Waals surface area (Å²) in [6, 6.07) is 21.7. The Bertz CT molecular complexity index is 828. The second-order valence-electron chi connectivity index (χ2n) is 4.78. The van der Waals surface area contributed by atoms with E-state index in [1.54, 1.807) is 6.08 Å². The third kappa shape index (κ3) is 3.11. The smallest absolute Gasteiger partial charge is 0.185 e. The summed E-state index contributed by atoms with van der Waals surface area (Å²) in [6.45, 7) is 0. The molecule has 0 atom stereocenters. The molecule has 3 aromatic carbocycles. The summed E-state index contributed by atoms with van der Waals surface area (Å²) in [5.41, 5.74) is 1.73. The number of halogens is 1. The molecule has 0 fully saturated rings. The van der Waals surface area contributed by atoms with Crippen molar-refractivity contribution in [1.29, 1.82) is 0 Å². The highest BCUT2D eigenvalue weighted by atomic mass is 79.9. The average Bonchev–Trinajstić information content (AvgIpc) is 2.52. The third-order valence-electron chi connectivity index (χ3n) is 3.35. The minimum atomic E-state index is 0.00392. The maximum Gasteiger partial charge on any atom is 0.185 e. The van der Waals surface area contributed by atoms with E-state index in [0.29, 0.717) is 5.56 Å². The van der Waals surface area contributed by atoms with Gasteiger partial charge in [-0.1, -0.05) is 76.6 Å². The van der Waals surface area contributed by atoms with E-state index in [1.807, 2.05) is 54.6 Å². The lowest BCUT2D eigenvalue weighted by atomic mass is 10.0. The van der Waals surface area contributed by atoms with Crippen molar-refractivity contribution in [3.05, 3.63) is 88.4 Å². The molecule has 1 nitrogen and oxygen atoms in total. The quantitative estimate of drug-likeness (QED) is 0.456. The number of hydrogen-bond acceptors (Lipinski definition) is 1. The molecule has 0 heterocycles. The van der Waals surface area contributed by atoms with Crippen LogP contribution >= 0.6 is 15.9 Å². The van der Waals surface area contributed by atoms with Gasteiger partial charge in [0.15, 0.2) is 5.78 Å². The first-order valence-corrected chi connectivity index (χ1v) is 7.49. The number of ketones is 1. The van der Waals surface area contributed by atoms with Crippen LogP contribution in [-0.2, 0) is 0 Å². The zero-order chi connectivity index (χ0) is 14.7. The molecule has 0 N–H and O–H groups in total. The van der Waals surface area contributed by atoms with E-state index in [0.717, 1.165) is 15.4 Å². The van der Waals surface area contributed by atoms with Crippen molar-refractivity contribution >= 4 is 38.6 Å². The molecule has 0 aliphatic heterocycles. The van der Waals surface area contributed by atoms with E-state index in [2.05, 4.69) is 34.1 Å². The first-order valence-electron chi connectivity index (χ1n) is 6.70. The van der Waals surface area contributed by atoms with Gasteiger partial charge in [0.05, 0.1) is 0 Å². The minimum Gasteiger partial charge on any atom is -0.289 e. The summed E-state index contributed by atoms with van der Waals surface area (Å²) in [6.07, 6.45) is 3.51. The van der Waals surface area contributed by atoms with Gasteiger partial charge >= 0.3 is 0 Å². The van der Waals surface area contributed by atoms with Gasteiger partial charge in [-0.25, -0.2) is 0 Å².